The summed E-state index contributed by atoms with van der Waals surface area (Å²) >= 11 is 0. The number of ether oxygens (including phenoxy) is 2. The first kappa shape index (κ1) is 24.6. The molecule has 1 saturated heterocycles. The normalized spacial score (nSPS) is 14.3. The van der Waals surface area contributed by atoms with Crippen LogP contribution in [0.25, 0.3) is 17.2 Å². The van der Waals surface area contributed by atoms with Crippen LogP contribution in [-0.4, -0.2) is 63.0 Å². The highest BCUT2D eigenvalue weighted by Crippen LogP contribution is 2.37. The highest BCUT2D eigenvalue weighted by atomic mass is 32.2. The van der Waals surface area contributed by atoms with Gasteiger partial charge in [0.1, 0.15) is 6.61 Å². The van der Waals surface area contributed by atoms with E-state index in [1.54, 1.807) is 0 Å². The molecule has 10 heteroatoms. The monoisotopic (exact) mass is 496 g/mol. The number of rotatable bonds is 9. The second-order valence-electron chi connectivity index (χ2n) is 7.95. The fraction of sp³-hybridized carbons (Fsp3) is 0.280. The maximum Gasteiger partial charge on any atom is 0.256 e. The Labute approximate surface area is 205 Å². The van der Waals surface area contributed by atoms with Crippen molar-refractivity contribution < 1.29 is 23.0 Å². The standard InChI is InChI=1S/C25H28N4O5S/c1-19-7-9-21(10-8-19)22-23(28-35(31,32)18-11-20-5-3-2-4-6-20)26-25(27-24(22)34-17-14-30)29-12-15-33-16-13-29/h2-11,18,30H,12-17H2,1H3,(H,26,27,28). The smallest absolute Gasteiger partial charge is 0.256 e. The maximum atomic E-state index is 13.1. The third kappa shape index (κ3) is 6.56. The molecule has 4 rings (SSSR count). The molecule has 0 amide bonds. The summed E-state index contributed by atoms with van der Waals surface area (Å²) in [4.78, 5) is 11.1. The zero-order valence-corrected chi connectivity index (χ0v) is 20.2. The summed E-state index contributed by atoms with van der Waals surface area (Å²) in [5.74, 6) is 0.599. The fourth-order valence-electron chi connectivity index (χ4n) is 3.54. The van der Waals surface area contributed by atoms with Gasteiger partial charge in [-0.25, -0.2) is 8.42 Å². The van der Waals surface area contributed by atoms with Gasteiger partial charge < -0.3 is 19.5 Å². The number of morpholine rings is 1. The van der Waals surface area contributed by atoms with Gasteiger partial charge in [-0.3, -0.25) is 4.72 Å². The lowest BCUT2D eigenvalue weighted by Gasteiger charge is -2.28. The molecule has 0 unspecified atom stereocenters. The number of anilines is 2. The van der Waals surface area contributed by atoms with E-state index in [9.17, 15) is 13.5 Å². The van der Waals surface area contributed by atoms with Crippen LogP contribution in [-0.2, 0) is 14.8 Å². The molecule has 9 nitrogen and oxygen atoms in total. The topological polar surface area (TPSA) is 114 Å². The maximum absolute atomic E-state index is 13.1. The number of hydrogen-bond acceptors (Lipinski definition) is 8. The lowest BCUT2D eigenvalue weighted by molar-refractivity contribution is 0.122. The van der Waals surface area contributed by atoms with Crippen LogP contribution in [0, 0.1) is 6.92 Å². The number of nitrogens with zero attached hydrogens (tertiary/aromatic N) is 3. The van der Waals surface area contributed by atoms with Gasteiger partial charge in [0.15, 0.2) is 5.82 Å². The van der Waals surface area contributed by atoms with Crippen LogP contribution < -0.4 is 14.4 Å². The third-order valence-electron chi connectivity index (χ3n) is 5.31. The van der Waals surface area contributed by atoms with Crippen molar-refractivity contribution in [2.75, 3.05) is 49.1 Å². The molecule has 0 radical (unpaired) electrons. The van der Waals surface area contributed by atoms with E-state index in [-0.39, 0.29) is 24.9 Å². The number of nitrogens with one attached hydrogen (secondary N) is 1. The lowest BCUT2D eigenvalue weighted by Crippen LogP contribution is -2.37. The summed E-state index contributed by atoms with van der Waals surface area (Å²) in [5.41, 5.74) is 2.87. The zero-order valence-electron chi connectivity index (χ0n) is 19.4. The summed E-state index contributed by atoms with van der Waals surface area (Å²) in [6.45, 7) is 3.88. The van der Waals surface area contributed by atoms with Crippen LogP contribution >= 0.6 is 0 Å². The average Bonchev–Trinajstić information content (AvgIpc) is 2.88. The molecule has 0 aliphatic carbocycles. The highest BCUT2D eigenvalue weighted by molar-refractivity contribution is 7.95. The van der Waals surface area contributed by atoms with Crippen molar-refractivity contribution in [3.05, 3.63) is 71.1 Å². The quantitative estimate of drug-likeness (QED) is 0.465. The van der Waals surface area contributed by atoms with Crippen molar-refractivity contribution in [2.24, 2.45) is 0 Å². The Bertz CT molecular complexity index is 1260. The number of aliphatic hydroxyl groups is 1. The Morgan fingerprint density at radius 3 is 2.49 bits per heavy atom. The van der Waals surface area contributed by atoms with Gasteiger partial charge in [-0.2, -0.15) is 9.97 Å². The van der Waals surface area contributed by atoms with Crippen molar-refractivity contribution >= 4 is 27.9 Å². The second kappa shape index (κ2) is 11.3. The molecule has 1 aromatic heterocycles. The number of aliphatic hydroxyl groups excluding tert-OH is 1. The first-order chi connectivity index (χ1) is 16.9. The minimum Gasteiger partial charge on any atom is -0.475 e. The highest BCUT2D eigenvalue weighted by Gasteiger charge is 2.24. The van der Waals surface area contributed by atoms with Crippen LogP contribution in [0.1, 0.15) is 11.1 Å². The van der Waals surface area contributed by atoms with Gasteiger partial charge in [-0.1, -0.05) is 60.2 Å². The molecule has 2 heterocycles. The minimum absolute atomic E-state index is 0.00146. The van der Waals surface area contributed by atoms with Gasteiger partial charge in [-0.05, 0) is 24.1 Å². The Kier molecular flexibility index (Phi) is 7.96. The van der Waals surface area contributed by atoms with Crippen LogP contribution in [0.15, 0.2) is 60.0 Å². The molecule has 0 bridgehead atoms. The molecule has 1 fully saturated rings. The molecule has 0 spiro atoms. The Hall–Kier alpha value is -3.47. The van der Waals surface area contributed by atoms with Gasteiger partial charge in [0.05, 0.1) is 30.8 Å². The second-order valence-corrected chi connectivity index (χ2v) is 9.52. The van der Waals surface area contributed by atoms with E-state index in [4.69, 9.17) is 9.47 Å². The van der Waals surface area contributed by atoms with E-state index in [0.717, 1.165) is 16.5 Å². The number of aryl methyl sites for hydroxylation is 1. The molecule has 1 aliphatic heterocycles. The van der Waals surface area contributed by atoms with Gasteiger partial charge >= 0.3 is 0 Å². The molecule has 0 saturated carbocycles. The molecular weight excluding hydrogens is 468 g/mol. The van der Waals surface area contributed by atoms with E-state index in [1.807, 2.05) is 66.4 Å². The predicted molar refractivity (Wildman–Crippen MR) is 136 cm³/mol. The lowest BCUT2D eigenvalue weighted by atomic mass is 10.1. The molecule has 2 N–H and O–H groups in total. The first-order valence-electron chi connectivity index (χ1n) is 11.3. The van der Waals surface area contributed by atoms with Crippen molar-refractivity contribution in [1.29, 1.82) is 0 Å². The van der Waals surface area contributed by atoms with Crippen molar-refractivity contribution in [1.82, 2.24) is 9.97 Å². The summed E-state index contributed by atoms with van der Waals surface area (Å²) in [6, 6.07) is 16.7. The molecular formula is C25H28N4O5S. The van der Waals surface area contributed by atoms with E-state index in [0.29, 0.717) is 43.4 Å². The van der Waals surface area contributed by atoms with Crippen molar-refractivity contribution in [3.8, 4) is 17.0 Å². The molecule has 2 aromatic carbocycles. The van der Waals surface area contributed by atoms with Gasteiger partial charge in [0.25, 0.3) is 10.0 Å². The van der Waals surface area contributed by atoms with Crippen molar-refractivity contribution in [3.63, 3.8) is 0 Å². The molecule has 35 heavy (non-hydrogen) atoms. The minimum atomic E-state index is -3.93. The third-order valence-corrected chi connectivity index (χ3v) is 6.28. The predicted octanol–water partition coefficient (Wildman–Crippen LogP) is 3.07. The van der Waals surface area contributed by atoms with Crippen LogP contribution in [0.4, 0.5) is 11.8 Å². The van der Waals surface area contributed by atoms with Crippen LogP contribution in [0.2, 0.25) is 0 Å². The Morgan fingerprint density at radius 2 is 1.80 bits per heavy atom. The SMILES string of the molecule is Cc1ccc(-c2c(NS(=O)(=O)C=Cc3ccccc3)nc(N3CCOCC3)nc2OCCO)cc1. The van der Waals surface area contributed by atoms with Crippen LogP contribution in [0.3, 0.4) is 0 Å². The van der Waals surface area contributed by atoms with E-state index in [1.165, 1.54) is 6.08 Å². The average molecular weight is 497 g/mol. The fourth-order valence-corrected chi connectivity index (χ4v) is 4.36. The summed E-state index contributed by atoms with van der Waals surface area (Å²) in [6.07, 6.45) is 1.52. The van der Waals surface area contributed by atoms with Gasteiger partial charge in [0.2, 0.25) is 11.8 Å². The summed E-state index contributed by atoms with van der Waals surface area (Å²) in [7, 11) is -3.93. The molecule has 184 valence electrons. The van der Waals surface area contributed by atoms with E-state index < -0.39 is 10.0 Å². The zero-order chi connectivity index (χ0) is 24.7. The largest absolute Gasteiger partial charge is 0.475 e. The number of aromatic nitrogens is 2. The number of hydrogen-bond donors (Lipinski definition) is 2. The van der Waals surface area contributed by atoms with Gasteiger partial charge in [-0.15, -0.1) is 0 Å². The Balaban J connectivity index is 1.79. The summed E-state index contributed by atoms with van der Waals surface area (Å²) in [5, 5.41) is 10.5. The molecule has 3 aromatic rings. The van der Waals surface area contributed by atoms with Gasteiger partial charge in [0, 0.05) is 13.1 Å². The molecule has 0 atom stereocenters. The van der Waals surface area contributed by atoms with E-state index in [2.05, 4.69) is 14.7 Å². The Morgan fingerprint density at radius 1 is 1.09 bits per heavy atom. The van der Waals surface area contributed by atoms with Crippen molar-refractivity contribution in [2.45, 2.75) is 6.92 Å². The van der Waals surface area contributed by atoms with Crippen LogP contribution in [0.5, 0.6) is 5.88 Å². The number of sulfonamides is 1. The summed E-state index contributed by atoms with van der Waals surface area (Å²) < 4.78 is 39.9. The first-order valence-corrected chi connectivity index (χ1v) is 12.8. The number of benzene rings is 2. The molecule has 1 aliphatic rings. The van der Waals surface area contributed by atoms with E-state index >= 15 is 0 Å².